The average Bonchev–Trinajstić information content (AvgIpc) is 2.17. The molecule has 0 aliphatic carbocycles. The minimum Gasteiger partial charge on any atom is -0.399 e. The second-order valence-electron chi connectivity index (χ2n) is 3.54. The quantitative estimate of drug-likeness (QED) is 0.691. The number of pyridine rings is 1. The van der Waals surface area contributed by atoms with Crippen LogP contribution in [0.1, 0.15) is 5.69 Å². The Labute approximate surface area is 87.6 Å². The van der Waals surface area contributed by atoms with E-state index in [2.05, 4.69) is 4.98 Å². The Kier molecular flexibility index (Phi) is 2.29. The fraction of sp³-hybridized carbons (Fsp3) is 0.0833. The largest absolute Gasteiger partial charge is 0.399 e. The molecule has 0 bridgehead atoms. The van der Waals surface area contributed by atoms with Gasteiger partial charge in [-0.15, -0.1) is 0 Å². The van der Waals surface area contributed by atoms with E-state index in [1.165, 1.54) is 0 Å². The number of rotatable bonds is 1. The first-order chi connectivity index (χ1) is 7.15. The van der Waals surface area contributed by atoms with Gasteiger partial charge < -0.3 is 10.7 Å². The molecule has 0 aliphatic heterocycles. The van der Waals surface area contributed by atoms with Crippen molar-refractivity contribution in [2.75, 3.05) is 5.73 Å². The molecule has 3 N–H and O–H groups in total. The molecule has 0 aliphatic rings. The summed E-state index contributed by atoms with van der Waals surface area (Å²) in [6.07, 6.45) is 0. The predicted octanol–water partition coefficient (Wildman–Crippen LogP) is 1.93. The number of hydrogen-bond donors (Lipinski definition) is 2. The van der Waals surface area contributed by atoms with Crippen LogP contribution in [0.4, 0.5) is 5.69 Å². The van der Waals surface area contributed by atoms with Crippen molar-refractivity contribution in [3.63, 3.8) is 0 Å². The molecule has 0 saturated heterocycles. The van der Waals surface area contributed by atoms with Gasteiger partial charge in [0.15, 0.2) is 0 Å². The van der Waals surface area contributed by atoms with Gasteiger partial charge in [-0.1, -0.05) is 12.1 Å². The van der Waals surface area contributed by atoms with Crippen molar-refractivity contribution in [1.29, 1.82) is 0 Å². The van der Waals surface area contributed by atoms with E-state index in [1.54, 1.807) is 6.07 Å². The minimum absolute atomic E-state index is 0.0816. The Balaban J connectivity index is 2.54. The van der Waals surface area contributed by atoms with Crippen LogP contribution in [-0.2, 0) is 0 Å². The lowest BCUT2D eigenvalue weighted by atomic mass is 10.1. The van der Waals surface area contributed by atoms with Gasteiger partial charge in [-0.2, -0.15) is 0 Å². The maximum atomic E-state index is 11.3. The van der Waals surface area contributed by atoms with Gasteiger partial charge >= 0.3 is 0 Å². The van der Waals surface area contributed by atoms with Crippen LogP contribution < -0.4 is 11.3 Å². The Hall–Kier alpha value is -2.03. The topological polar surface area (TPSA) is 58.9 Å². The molecule has 0 saturated carbocycles. The van der Waals surface area contributed by atoms with Crippen molar-refractivity contribution in [3.8, 4) is 11.1 Å². The number of nitrogens with one attached hydrogen (secondary N) is 1. The van der Waals surface area contributed by atoms with Gasteiger partial charge in [0.1, 0.15) is 0 Å². The molecule has 0 fully saturated rings. The van der Waals surface area contributed by atoms with Crippen molar-refractivity contribution in [2.24, 2.45) is 0 Å². The zero-order valence-electron chi connectivity index (χ0n) is 8.45. The normalized spacial score (nSPS) is 10.2. The van der Waals surface area contributed by atoms with Crippen LogP contribution in [-0.4, -0.2) is 4.98 Å². The number of aryl methyl sites for hydroxylation is 1. The summed E-state index contributed by atoms with van der Waals surface area (Å²) in [4.78, 5) is 14.0. The molecule has 0 spiro atoms. The zero-order valence-corrected chi connectivity index (χ0v) is 8.45. The summed E-state index contributed by atoms with van der Waals surface area (Å²) in [6, 6.07) is 11.0. The number of aromatic amines is 1. The van der Waals surface area contributed by atoms with Crippen LogP contribution >= 0.6 is 0 Å². The molecule has 2 rings (SSSR count). The molecular weight excluding hydrogens is 188 g/mol. The fourth-order valence-electron chi connectivity index (χ4n) is 1.52. The molecule has 0 unspecified atom stereocenters. The summed E-state index contributed by atoms with van der Waals surface area (Å²) < 4.78 is 0. The number of H-pyrrole nitrogens is 1. The molecule has 2 aromatic rings. The Morgan fingerprint density at radius 3 is 2.33 bits per heavy atom. The number of aromatic nitrogens is 1. The highest BCUT2D eigenvalue weighted by Crippen LogP contribution is 2.19. The van der Waals surface area contributed by atoms with Gasteiger partial charge in [0.2, 0.25) is 5.56 Å². The molecule has 3 heteroatoms. The van der Waals surface area contributed by atoms with Crippen molar-refractivity contribution >= 4 is 5.69 Å². The molecule has 1 aromatic heterocycles. The summed E-state index contributed by atoms with van der Waals surface area (Å²) in [5.41, 5.74) is 9.01. The molecular formula is C12H12N2O. The Morgan fingerprint density at radius 2 is 1.73 bits per heavy atom. The van der Waals surface area contributed by atoms with Crippen LogP contribution in [0.5, 0.6) is 0 Å². The molecule has 3 nitrogen and oxygen atoms in total. The van der Waals surface area contributed by atoms with Gasteiger partial charge in [0.05, 0.1) is 0 Å². The minimum atomic E-state index is -0.0816. The second kappa shape index (κ2) is 3.61. The lowest BCUT2D eigenvalue weighted by molar-refractivity contribution is 1.14. The third kappa shape index (κ3) is 2.07. The highest BCUT2D eigenvalue weighted by Gasteiger charge is 1.99. The first kappa shape index (κ1) is 9.52. The predicted molar refractivity (Wildman–Crippen MR) is 61.6 cm³/mol. The molecule has 1 aromatic carbocycles. The molecule has 15 heavy (non-hydrogen) atoms. The maximum absolute atomic E-state index is 11.3. The zero-order chi connectivity index (χ0) is 10.8. The summed E-state index contributed by atoms with van der Waals surface area (Å²) >= 11 is 0. The van der Waals surface area contributed by atoms with Crippen LogP contribution in [0, 0.1) is 6.92 Å². The third-order valence-corrected chi connectivity index (χ3v) is 2.22. The van der Waals surface area contributed by atoms with Gasteiger partial charge in [-0.05, 0) is 36.2 Å². The summed E-state index contributed by atoms with van der Waals surface area (Å²) in [7, 11) is 0. The van der Waals surface area contributed by atoms with Crippen LogP contribution in [0.2, 0.25) is 0 Å². The summed E-state index contributed by atoms with van der Waals surface area (Å²) in [5, 5.41) is 0. The van der Waals surface area contributed by atoms with E-state index in [0.29, 0.717) is 0 Å². The van der Waals surface area contributed by atoms with Crippen LogP contribution in [0.3, 0.4) is 0 Å². The highest BCUT2D eigenvalue weighted by molar-refractivity contribution is 5.65. The van der Waals surface area contributed by atoms with E-state index in [-0.39, 0.29) is 5.56 Å². The Morgan fingerprint density at radius 1 is 1.07 bits per heavy atom. The van der Waals surface area contributed by atoms with E-state index in [1.807, 2.05) is 37.3 Å². The Bertz CT molecular complexity index is 526. The second-order valence-corrected chi connectivity index (χ2v) is 3.54. The number of anilines is 1. The fourth-order valence-corrected chi connectivity index (χ4v) is 1.52. The lowest BCUT2D eigenvalue weighted by Gasteiger charge is -2.02. The standard InChI is InChI=1S/C12H12N2O/c1-8-6-10(7-12(15)14-8)9-2-4-11(13)5-3-9/h2-7H,13H2,1H3,(H,14,15). The van der Waals surface area contributed by atoms with E-state index < -0.39 is 0 Å². The molecule has 76 valence electrons. The number of hydrogen-bond acceptors (Lipinski definition) is 2. The average molecular weight is 200 g/mol. The lowest BCUT2D eigenvalue weighted by Crippen LogP contribution is -2.05. The molecule has 0 radical (unpaired) electrons. The molecule has 0 atom stereocenters. The summed E-state index contributed by atoms with van der Waals surface area (Å²) in [6.45, 7) is 1.86. The molecule has 0 amide bonds. The monoisotopic (exact) mass is 200 g/mol. The van der Waals surface area contributed by atoms with Gasteiger partial charge in [-0.25, -0.2) is 0 Å². The first-order valence-corrected chi connectivity index (χ1v) is 4.72. The van der Waals surface area contributed by atoms with Crippen LogP contribution in [0.15, 0.2) is 41.2 Å². The van der Waals surface area contributed by atoms with E-state index >= 15 is 0 Å². The summed E-state index contributed by atoms with van der Waals surface area (Å²) in [5.74, 6) is 0. The third-order valence-electron chi connectivity index (χ3n) is 2.22. The first-order valence-electron chi connectivity index (χ1n) is 4.72. The van der Waals surface area contributed by atoms with Gasteiger partial charge in [0, 0.05) is 17.4 Å². The number of benzene rings is 1. The number of nitrogen functional groups attached to an aromatic ring is 1. The van der Waals surface area contributed by atoms with E-state index in [4.69, 9.17) is 5.73 Å². The van der Waals surface area contributed by atoms with Crippen LogP contribution in [0.25, 0.3) is 11.1 Å². The van der Waals surface area contributed by atoms with E-state index in [9.17, 15) is 4.79 Å². The molecule has 1 heterocycles. The highest BCUT2D eigenvalue weighted by atomic mass is 16.1. The van der Waals surface area contributed by atoms with E-state index in [0.717, 1.165) is 22.5 Å². The number of nitrogens with two attached hydrogens (primary N) is 1. The van der Waals surface area contributed by atoms with Crippen molar-refractivity contribution in [2.45, 2.75) is 6.92 Å². The van der Waals surface area contributed by atoms with Crippen molar-refractivity contribution in [3.05, 3.63) is 52.4 Å². The maximum Gasteiger partial charge on any atom is 0.248 e. The van der Waals surface area contributed by atoms with Gasteiger partial charge in [0.25, 0.3) is 0 Å². The van der Waals surface area contributed by atoms with Gasteiger partial charge in [-0.3, -0.25) is 4.79 Å². The smallest absolute Gasteiger partial charge is 0.248 e. The van der Waals surface area contributed by atoms with Crippen molar-refractivity contribution < 1.29 is 0 Å². The van der Waals surface area contributed by atoms with Crippen molar-refractivity contribution in [1.82, 2.24) is 4.98 Å². The SMILES string of the molecule is Cc1cc(-c2ccc(N)cc2)cc(=O)[nH]1.